The van der Waals surface area contributed by atoms with Crippen LogP contribution in [0.2, 0.25) is 0 Å². The van der Waals surface area contributed by atoms with Crippen molar-refractivity contribution in [1.29, 1.82) is 0 Å². The van der Waals surface area contributed by atoms with Crippen molar-refractivity contribution in [3.05, 3.63) is 74.5 Å². The monoisotopic (exact) mass is 462 g/mol. The number of aromatic hydroxyl groups is 2. The van der Waals surface area contributed by atoms with Gasteiger partial charge in [0, 0.05) is 11.1 Å². The molecule has 0 saturated heterocycles. The summed E-state index contributed by atoms with van der Waals surface area (Å²) in [5.74, 6) is 0.251. The van der Waals surface area contributed by atoms with Crippen LogP contribution in [0.1, 0.15) is 58.6 Å². The van der Waals surface area contributed by atoms with Gasteiger partial charge >= 0.3 is 0 Å². The predicted octanol–water partition coefficient (Wildman–Crippen LogP) is 7.11. The smallest absolute Gasteiger partial charge is 0.204 e. The number of hydrogen-bond donors (Lipinski definition) is 2. The van der Waals surface area contributed by atoms with Crippen LogP contribution >= 0.6 is 0 Å². The zero-order chi connectivity index (χ0) is 25.0. The second kappa shape index (κ2) is 10.6. The molecule has 2 aromatic carbocycles. The summed E-state index contributed by atoms with van der Waals surface area (Å²) in [4.78, 5) is 13.5. The first-order chi connectivity index (χ1) is 16.1. The number of fused-ring (bicyclic) bond motifs is 2. The largest absolute Gasteiger partial charge is 0.507 e. The zero-order valence-corrected chi connectivity index (χ0v) is 20.9. The van der Waals surface area contributed by atoms with Gasteiger partial charge in [-0.3, -0.25) is 4.79 Å². The molecule has 0 aliphatic heterocycles. The van der Waals surface area contributed by atoms with Crippen LogP contribution in [0.3, 0.4) is 0 Å². The molecule has 3 rings (SSSR count). The van der Waals surface area contributed by atoms with Crippen molar-refractivity contribution in [3.63, 3.8) is 0 Å². The lowest BCUT2D eigenvalue weighted by atomic mass is 9.96. The number of hydrogen-bond acceptors (Lipinski definition) is 5. The van der Waals surface area contributed by atoms with Gasteiger partial charge in [-0.2, -0.15) is 0 Å². The van der Waals surface area contributed by atoms with E-state index in [1.54, 1.807) is 18.2 Å². The van der Waals surface area contributed by atoms with E-state index in [0.717, 1.165) is 18.4 Å². The minimum Gasteiger partial charge on any atom is -0.507 e. The lowest BCUT2D eigenvalue weighted by molar-refractivity contribution is 0.415. The predicted molar refractivity (Wildman–Crippen MR) is 139 cm³/mol. The lowest BCUT2D eigenvalue weighted by Gasteiger charge is -2.15. The molecule has 0 amide bonds. The summed E-state index contributed by atoms with van der Waals surface area (Å²) in [6.07, 6.45) is 8.70. The molecular weight excluding hydrogens is 428 g/mol. The van der Waals surface area contributed by atoms with E-state index in [4.69, 9.17) is 9.15 Å². The number of allylic oxidation sites excluding steroid dienone is 6. The van der Waals surface area contributed by atoms with Crippen molar-refractivity contribution in [3.8, 4) is 17.2 Å². The van der Waals surface area contributed by atoms with E-state index in [9.17, 15) is 15.0 Å². The Balaban J connectivity index is 2.25. The van der Waals surface area contributed by atoms with Crippen molar-refractivity contribution >= 4 is 21.9 Å². The standard InChI is InChI=1S/C29H34O5/c1-17(2)8-7-9-19(5)11-14-22-26(30)21(13-10-18(3)4)27(31)25-28(32)23-16-20(33-6)12-15-24(23)34-29(22)25/h8,10-12,15-16,30-31H,7,9,13-14H2,1-6H3/b19-11+. The van der Waals surface area contributed by atoms with E-state index < -0.39 is 0 Å². The fourth-order valence-electron chi connectivity index (χ4n) is 3.94. The third-order valence-electron chi connectivity index (χ3n) is 5.93. The van der Waals surface area contributed by atoms with E-state index in [-0.39, 0.29) is 27.9 Å². The maximum Gasteiger partial charge on any atom is 0.204 e. The molecule has 1 aromatic heterocycles. The number of methoxy groups -OCH3 is 1. The minimum atomic E-state index is -0.350. The molecule has 0 aliphatic carbocycles. The molecule has 0 saturated carbocycles. The number of benzene rings is 2. The Morgan fingerprint density at radius 3 is 2.26 bits per heavy atom. The number of rotatable bonds is 8. The second-order valence-corrected chi connectivity index (χ2v) is 9.21. The Hall–Kier alpha value is -3.47. The van der Waals surface area contributed by atoms with Gasteiger partial charge in [-0.1, -0.05) is 34.9 Å². The molecule has 1 heterocycles. The maximum absolute atomic E-state index is 13.5. The maximum atomic E-state index is 13.5. The van der Waals surface area contributed by atoms with Crippen LogP contribution in [-0.4, -0.2) is 17.3 Å². The van der Waals surface area contributed by atoms with Gasteiger partial charge in [-0.15, -0.1) is 0 Å². The van der Waals surface area contributed by atoms with Crippen molar-refractivity contribution in [1.82, 2.24) is 0 Å². The van der Waals surface area contributed by atoms with E-state index in [0.29, 0.717) is 40.7 Å². The first-order valence-corrected chi connectivity index (χ1v) is 11.6. The zero-order valence-electron chi connectivity index (χ0n) is 20.9. The summed E-state index contributed by atoms with van der Waals surface area (Å²) >= 11 is 0. The van der Waals surface area contributed by atoms with Gasteiger partial charge in [-0.05, 0) is 78.5 Å². The lowest BCUT2D eigenvalue weighted by Crippen LogP contribution is -2.06. The van der Waals surface area contributed by atoms with Gasteiger partial charge in [0.25, 0.3) is 0 Å². The minimum absolute atomic E-state index is 0.0353. The number of phenolic OH excluding ortho intramolecular Hbond substituents is 2. The van der Waals surface area contributed by atoms with Gasteiger partial charge in [0.1, 0.15) is 33.8 Å². The Morgan fingerprint density at radius 1 is 0.941 bits per heavy atom. The Kier molecular flexibility index (Phi) is 7.87. The van der Waals surface area contributed by atoms with Crippen molar-refractivity contribution in [2.75, 3.05) is 7.11 Å². The van der Waals surface area contributed by atoms with Crippen molar-refractivity contribution in [2.45, 2.75) is 60.3 Å². The van der Waals surface area contributed by atoms with Crippen LogP contribution in [0.4, 0.5) is 0 Å². The molecule has 0 fully saturated rings. The highest BCUT2D eigenvalue weighted by Gasteiger charge is 2.23. The van der Waals surface area contributed by atoms with E-state index in [1.807, 2.05) is 26.0 Å². The molecule has 5 nitrogen and oxygen atoms in total. The molecule has 0 bridgehead atoms. The molecule has 0 atom stereocenters. The van der Waals surface area contributed by atoms with Crippen LogP contribution in [0.15, 0.2) is 62.4 Å². The average Bonchev–Trinajstić information content (AvgIpc) is 2.78. The van der Waals surface area contributed by atoms with E-state index in [2.05, 4.69) is 26.8 Å². The second-order valence-electron chi connectivity index (χ2n) is 9.21. The summed E-state index contributed by atoms with van der Waals surface area (Å²) in [6, 6.07) is 4.99. The highest BCUT2D eigenvalue weighted by Crippen LogP contribution is 2.41. The summed E-state index contributed by atoms with van der Waals surface area (Å²) in [7, 11) is 1.53. The SMILES string of the molecule is COc1ccc2oc3c(C/C=C(\C)CCC=C(C)C)c(O)c(CC=C(C)C)c(O)c3c(=O)c2c1. The van der Waals surface area contributed by atoms with Gasteiger partial charge in [-0.25, -0.2) is 0 Å². The first kappa shape index (κ1) is 25.2. The third-order valence-corrected chi connectivity index (χ3v) is 5.93. The normalized spacial score (nSPS) is 11.6. The summed E-state index contributed by atoms with van der Waals surface area (Å²) in [5.41, 5.74) is 4.57. The van der Waals surface area contributed by atoms with E-state index >= 15 is 0 Å². The number of ether oxygens (including phenoxy) is 1. The fourth-order valence-corrected chi connectivity index (χ4v) is 3.94. The van der Waals surface area contributed by atoms with Crippen LogP contribution in [0.25, 0.3) is 21.9 Å². The van der Waals surface area contributed by atoms with Crippen LogP contribution in [-0.2, 0) is 12.8 Å². The molecule has 0 spiro atoms. The topological polar surface area (TPSA) is 79.9 Å². The van der Waals surface area contributed by atoms with Crippen molar-refractivity contribution in [2.24, 2.45) is 0 Å². The molecule has 180 valence electrons. The molecular formula is C29H34O5. The number of phenols is 2. The van der Waals surface area contributed by atoms with Gasteiger partial charge in [0.05, 0.1) is 12.5 Å². The Labute approximate surface area is 200 Å². The Bertz CT molecular complexity index is 1360. The summed E-state index contributed by atoms with van der Waals surface area (Å²) in [5, 5.41) is 22.7. The molecule has 0 unspecified atom stereocenters. The van der Waals surface area contributed by atoms with Crippen LogP contribution < -0.4 is 10.2 Å². The fraction of sp³-hybridized carbons (Fsp3) is 0.345. The molecule has 2 N–H and O–H groups in total. The van der Waals surface area contributed by atoms with Crippen LogP contribution in [0, 0.1) is 0 Å². The highest BCUT2D eigenvalue weighted by atomic mass is 16.5. The molecule has 5 heteroatoms. The first-order valence-electron chi connectivity index (χ1n) is 11.6. The van der Waals surface area contributed by atoms with Crippen molar-refractivity contribution < 1.29 is 19.4 Å². The molecule has 34 heavy (non-hydrogen) atoms. The highest BCUT2D eigenvalue weighted by molar-refractivity contribution is 5.97. The van der Waals surface area contributed by atoms with Gasteiger partial charge in [0.2, 0.25) is 5.43 Å². The Morgan fingerprint density at radius 2 is 1.62 bits per heavy atom. The van der Waals surface area contributed by atoms with Crippen LogP contribution in [0.5, 0.6) is 17.2 Å². The van der Waals surface area contributed by atoms with Gasteiger partial charge in [0.15, 0.2) is 0 Å². The van der Waals surface area contributed by atoms with Gasteiger partial charge < -0.3 is 19.4 Å². The molecule has 3 aromatic rings. The summed E-state index contributed by atoms with van der Waals surface area (Å²) in [6.45, 7) is 10.1. The molecule has 0 radical (unpaired) electrons. The average molecular weight is 463 g/mol. The van der Waals surface area contributed by atoms with E-state index in [1.165, 1.54) is 18.3 Å². The third kappa shape index (κ3) is 5.36. The summed E-state index contributed by atoms with van der Waals surface area (Å²) < 4.78 is 11.4. The quantitative estimate of drug-likeness (QED) is 0.275. The molecule has 0 aliphatic rings.